The van der Waals surface area contributed by atoms with E-state index < -0.39 is 11.2 Å². The minimum Gasteiger partial charge on any atom is -0.380 e. The molecule has 0 unspecified atom stereocenters. The van der Waals surface area contributed by atoms with Crippen molar-refractivity contribution in [1.82, 2.24) is 9.55 Å². The maximum Gasteiger partial charge on any atom is 0.332 e. The van der Waals surface area contributed by atoms with Crippen LogP contribution >= 0.6 is 15.9 Å². The topological polar surface area (TPSA) is 64.1 Å². The van der Waals surface area contributed by atoms with Gasteiger partial charge in [-0.2, -0.15) is 0 Å². The number of aromatic amines is 1. The molecule has 26 heavy (non-hydrogen) atoms. The van der Waals surface area contributed by atoms with E-state index in [9.17, 15) is 9.59 Å². The lowest BCUT2D eigenvalue weighted by Gasteiger charge is -2.04. The van der Waals surface area contributed by atoms with Gasteiger partial charge in [0.2, 0.25) is 0 Å². The predicted molar refractivity (Wildman–Crippen MR) is 107 cm³/mol. The largest absolute Gasteiger partial charge is 0.380 e. The van der Waals surface area contributed by atoms with Gasteiger partial charge >= 0.3 is 5.69 Å². The van der Waals surface area contributed by atoms with Crippen LogP contribution < -0.4 is 11.2 Å². The average molecular weight is 419 g/mol. The average Bonchev–Trinajstić information content (AvgIpc) is 2.63. The van der Waals surface area contributed by atoms with Gasteiger partial charge < -0.3 is 4.74 Å². The Hall–Kier alpha value is -2.10. The summed E-state index contributed by atoms with van der Waals surface area (Å²) < 4.78 is 6.96. The lowest BCUT2D eigenvalue weighted by Crippen LogP contribution is -2.27. The lowest BCUT2D eigenvalue weighted by atomic mass is 10.2. The summed E-state index contributed by atoms with van der Waals surface area (Å²) in [6.45, 7) is 1.42. The minimum absolute atomic E-state index is 0.412. The first-order chi connectivity index (χ1) is 12.7. The van der Waals surface area contributed by atoms with Crippen molar-refractivity contribution in [3.05, 3.63) is 62.9 Å². The fraction of sp³-hybridized carbons (Fsp3) is 0.400. The second kappa shape index (κ2) is 11.5. The Morgan fingerprint density at radius 3 is 2.73 bits per heavy atom. The summed E-state index contributed by atoms with van der Waals surface area (Å²) in [5.74, 6) is 6.17. The molecule has 0 fully saturated rings. The van der Waals surface area contributed by atoms with Gasteiger partial charge in [-0.25, -0.2) is 4.79 Å². The zero-order valence-corrected chi connectivity index (χ0v) is 16.3. The van der Waals surface area contributed by atoms with Crippen molar-refractivity contribution >= 4 is 15.9 Å². The maximum absolute atomic E-state index is 11.8. The molecule has 1 aromatic heterocycles. The smallest absolute Gasteiger partial charge is 0.332 e. The number of ether oxygens (including phenoxy) is 1. The standard InChI is InChI=1S/C20H23BrN2O3/c21-12-4-1-2-5-14-26-15-6-3-8-17-9-7-10-18(16-17)23-13-11-19(24)22-20(23)25/h7,9-11,13,16H,1-2,4-6,12,14-15H2,(H,22,24,25). The molecule has 0 aliphatic carbocycles. The fourth-order valence-electron chi connectivity index (χ4n) is 2.40. The molecule has 1 aromatic carbocycles. The van der Waals surface area contributed by atoms with Crippen LogP contribution in [0.4, 0.5) is 0 Å². The molecule has 0 bridgehead atoms. The second-order valence-corrected chi connectivity index (χ2v) is 6.59. The third-order valence-electron chi connectivity index (χ3n) is 3.72. The van der Waals surface area contributed by atoms with Crippen LogP contribution in [0, 0.1) is 11.8 Å². The van der Waals surface area contributed by atoms with Gasteiger partial charge in [0.25, 0.3) is 5.56 Å². The van der Waals surface area contributed by atoms with Crippen molar-refractivity contribution < 1.29 is 4.74 Å². The molecule has 0 atom stereocenters. The molecule has 1 N–H and O–H groups in total. The molecule has 0 radical (unpaired) electrons. The highest BCUT2D eigenvalue weighted by Crippen LogP contribution is 2.07. The molecule has 0 aliphatic rings. The molecule has 2 aromatic rings. The molecule has 5 nitrogen and oxygen atoms in total. The number of H-pyrrole nitrogens is 1. The monoisotopic (exact) mass is 418 g/mol. The normalized spacial score (nSPS) is 10.3. The first kappa shape index (κ1) is 20.2. The molecule has 1 heterocycles. The van der Waals surface area contributed by atoms with E-state index in [1.807, 2.05) is 18.2 Å². The molecular weight excluding hydrogens is 396 g/mol. The summed E-state index contributed by atoms with van der Waals surface area (Å²) in [7, 11) is 0. The zero-order valence-electron chi connectivity index (χ0n) is 14.7. The van der Waals surface area contributed by atoms with E-state index >= 15 is 0 Å². The molecule has 0 aliphatic heterocycles. The van der Waals surface area contributed by atoms with Gasteiger partial charge in [-0.1, -0.05) is 46.7 Å². The molecule has 6 heteroatoms. The first-order valence-electron chi connectivity index (χ1n) is 8.76. The highest BCUT2D eigenvalue weighted by molar-refractivity contribution is 9.09. The number of halogens is 1. The Labute approximate surface area is 161 Å². The van der Waals surface area contributed by atoms with Crippen molar-refractivity contribution in [2.45, 2.75) is 32.1 Å². The fourth-order valence-corrected chi connectivity index (χ4v) is 2.79. The number of nitrogens with one attached hydrogen (secondary N) is 1. The molecule has 138 valence electrons. The van der Waals surface area contributed by atoms with E-state index in [-0.39, 0.29) is 0 Å². The van der Waals surface area contributed by atoms with Crippen LogP contribution in [0.1, 0.15) is 37.7 Å². The van der Waals surface area contributed by atoms with E-state index in [2.05, 4.69) is 32.8 Å². The van der Waals surface area contributed by atoms with Crippen LogP contribution in [0.5, 0.6) is 0 Å². The minimum atomic E-state index is -0.466. The maximum atomic E-state index is 11.8. The molecule has 0 amide bonds. The number of hydrogen-bond donors (Lipinski definition) is 1. The third-order valence-corrected chi connectivity index (χ3v) is 4.29. The van der Waals surface area contributed by atoms with Gasteiger partial charge in [0.15, 0.2) is 0 Å². The van der Waals surface area contributed by atoms with E-state index in [4.69, 9.17) is 4.74 Å². The summed E-state index contributed by atoms with van der Waals surface area (Å²) in [5, 5.41) is 1.07. The molecule has 2 rings (SSSR count). The summed E-state index contributed by atoms with van der Waals surface area (Å²) >= 11 is 3.43. The van der Waals surface area contributed by atoms with Crippen LogP contribution in [-0.4, -0.2) is 28.1 Å². The number of unbranched alkanes of at least 4 members (excludes halogenated alkanes) is 3. The summed E-state index contributed by atoms with van der Waals surface area (Å²) in [4.78, 5) is 25.2. The highest BCUT2D eigenvalue weighted by Gasteiger charge is 2.00. The van der Waals surface area contributed by atoms with Crippen LogP contribution in [0.3, 0.4) is 0 Å². The van der Waals surface area contributed by atoms with Crippen molar-refractivity contribution in [3.8, 4) is 17.5 Å². The predicted octanol–water partition coefficient (Wildman–Crippen LogP) is 3.24. The number of rotatable bonds is 9. The molecule has 0 saturated carbocycles. The van der Waals surface area contributed by atoms with Crippen molar-refractivity contribution in [1.29, 1.82) is 0 Å². The molecule has 0 saturated heterocycles. The van der Waals surface area contributed by atoms with Gasteiger partial charge in [-0.3, -0.25) is 14.3 Å². The Kier molecular flexibility index (Phi) is 8.94. The Morgan fingerprint density at radius 2 is 1.92 bits per heavy atom. The Morgan fingerprint density at radius 1 is 1.08 bits per heavy atom. The first-order valence-corrected chi connectivity index (χ1v) is 9.88. The number of benzene rings is 1. The Bertz CT molecular complexity index is 861. The van der Waals surface area contributed by atoms with E-state index in [1.165, 1.54) is 36.1 Å². The van der Waals surface area contributed by atoms with Gasteiger partial charge in [0.05, 0.1) is 12.3 Å². The van der Waals surface area contributed by atoms with Crippen LogP contribution in [0.25, 0.3) is 5.69 Å². The van der Waals surface area contributed by atoms with E-state index in [0.717, 1.165) is 23.9 Å². The molecular formula is C20H23BrN2O3. The summed E-state index contributed by atoms with van der Waals surface area (Å²) in [5.41, 5.74) is 0.602. The van der Waals surface area contributed by atoms with Crippen molar-refractivity contribution in [3.63, 3.8) is 0 Å². The van der Waals surface area contributed by atoms with Gasteiger partial charge in [-0.15, -0.1) is 0 Å². The van der Waals surface area contributed by atoms with Crippen molar-refractivity contribution in [2.75, 3.05) is 18.5 Å². The second-order valence-electron chi connectivity index (χ2n) is 5.80. The van der Waals surface area contributed by atoms with E-state index in [1.54, 1.807) is 6.07 Å². The van der Waals surface area contributed by atoms with Crippen LogP contribution in [-0.2, 0) is 4.74 Å². The summed E-state index contributed by atoms with van der Waals surface area (Å²) in [6.07, 6.45) is 6.88. The van der Waals surface area contributed by atoms with Crippen LogP contribution in [0.15, 0.2) is 46.1 Å². The number of nitrogens with zero attached hydrogens (tertiary/aromatic N) is 1. The summed E-state index contributed by atoms with van der Waals surface area (Å²) in [6, 6.07) is 8.65. The molecule has 0 spiro atoms. The van der Waals surface area contributed by atoms with Crippen molar-refractivity contribution in [2.24, 2.45) is 0 Å². The van der Waals surface area contributed by atoms with Crippen LogP contribution in [0.2, 0.25) is 0 Å². The van der Waals surface area contributed by atoms with Gasteiger partial charge in [-0.05, 0) is 31.0 Å². The quantitative estimate of drug-likeness (QED) is 0.386. The highest BCUT2D eigenvalue weighted by atomic mass is 79.9. The SMILES string of the molecule is O=c1ccn(-c2cccc(C#CCCOCCCCCCBr)c2)c(=O)[nH]1. The van der Waals surface area contributed by atoms with Gasteiger partial charge in [0.1, 0.15) is 0 Å². The lowest BCUT2D eigenvalue weighted by molar-refractivity contribution is 0.135. The number of alkyl halides is 1. The Balaban J connectivity index is 1.81. The number of hydrogen-bond acceptors (Lipinski definition) is 3. The van der Waals surface area contributed by atoms with E-state index in [0.29, 0.717) is 18.7 Å². The zero-order chi connectivity index (χ0) is 18.6. The third kappa shape index (κ3) is 7.03. The number of aromatic nitrogens is 2. The van der Waals surface area contributed by atoms with Gasteiger partial charge in [0, 0.05) is 36.2 Å².